The lowest BCUT2D eigenvalue weighted by atomic mass is 9.96. The number of benzene rings is 1. The first kappa shape index (κ1) is 21.7. The molecule has 2 atom stereocenters. The number of aromatic nitrogens is 5. The van der Waals surface area contributed by atoms with E-state index in [1.165, 1.54) is 35.4 Å². The van der Waals surface area contributed by atoms with Gasteiger partial charge in [-0.2, -0.15) is 28.2 Å². The molecule has 12 heteroatoms. The fourth-order valence-corrected chi connectivity index (χ4v) is 3.68. The molecule has 1 fully saturated rings. The van der Waals surface area contributed by atoms with Crippen molar-refractivity contribution in [1.29, 1.82) is 0 Å². The van der Waals surface area contributed by atoms with Gasteiger partial charge in [-0.15, -0.1) is 0 Å². The van der Waals surface area contributed by atoms with Crippen LogP contribution in [0.5, 0.6) is 0 Å². The zero-order chi connectivity index (χ0) is 22.9. The minimum Gasteiger partial charge on any atom is -0.349 e. The molecule has 1 aromatic carbocycles. The molecule has 1 saturated heterocycles. The van der Waals surface area contributed by atoms with Crippen molar-refractivity contribution in [3.05, 3.63) is 59.9 Å². The molecule has 2 unspecified atom stereocenters. The van der Waals surface area contributed by atoms with E-state index in [1.807, 2.05) is 6.92 Å². The molecule has 8 nitrogen and oxygen atoms in total. The van der Waals surface area contributed by atoms with E-state index in [9.17, 15) is 22.4 Å². The number of nitrogens with zero attached hydrogens (tertiary/aromatic N) is 6. The molecule has 0 aliphatic carbocycles. The Balaban J connectivity index is 1.54. The summed E-state index contributed by atoms with van der Waals surface area (Å²) in [7, 11) is 0. The zero-order valence-corrected chi connectivity index (χ0v) is 16.9. The van der Waals surface area contributed by atoms with Gasteiger partial charge in [-0.25, -0.2) is 14.4 Å². The Hall–Kier alpha value is -3.57. The molecule has 32 heavy (non-hydrogen) atoms. The van der Waals surface area contributed by atoms with Crippen LogP contribution in [0.25, 0.3) is 5.69 Å². The molecular weight excluding hydrogens is 430 g/mol. The molecule has 168 valence electrons. The smallest absolute Gasteiger partial charge is 0.349 e. The van der Waals surface area contributed by atoms with Gasteiger partial charge in [-0.05, 0) is 31.9 Å². The average molecular weight is 449 g/mol. The van der Waals surface area contributed by atoms with Crippen LogP contribution in [0.3, 0.4) is 0 Å². The van der Waals surface area contributed by atoms with Gasteiger partial charge < -0.3 is 10.2 Å². The highest BCUT2D eigenvalue weighted by atomic mass is 19.4. The lowest BCUT2D eigenvalue weighted by molar-refractivity contribution is -0.138. The molecule has 0 bridgehead atoms. The summed E-state index contributed by atoms with van der Waals surface area (Å²) in [6, 6.07) is 3.16. The van der Waals surface area contributed by atoms with Gasteiger partial charge >= 0.3 is 6.18 Å². The molecule has 4 rings (SSSR count). The summed E-state index contributed by atoms with van der Waals surface area (Å²) >= 11 is 0. The van der Waals surface area contributed by atoms with Crippen molar-refractivity contribution < 1.29 is 22.4 Å². The molecule has 1 N–H and O–H groups in total. The van der Waals surface area contributed by atoms with Crippen molar-refractivity contribution >= 4 is 11.9 Å². The van der Waals surface area contributed by atoms with Crippen LogP contribution in [0.15, 0.2) is 43.0 Å². The van der Waals surface area contributed by atoms with Crippen molar-refractivity contribution in [2.45, 2.75) is 38.0 Å². The van der Waals surface area contributed by atoms with Crippen molar-refractivity contribution in [1.82, 2.24) is 29.9 Å². The topological polar surface area (TPSA) is 88.8 Å². The first-order valence-corrected chi connectivity index (χ1v) is 9.87. The molecule has 0 spiro atoms. The predicted octanol–water partition coefficient (Wildman–Crippen LogP) is 3.32. The Morgan fingerprint density at radius 2 is 1.84 bits per heavy atom. The molecule has 1 aliphatic rings. The summed E-state index contributed by atoms with van der Waals surface area (Å²) in [6.45, 7) is 2.30. The Morgan fingerprint density at radius 3 is 2.50 bits per heavy atom. The van der Waals surface area contributed by atoms with Crippen LogP contribution in [0.2, 0.25) is 0 Å². The Kier molecular flexibility index (Phi) is 5.76. The van der Waals surface area contributed by atoms with Gasteiger partial charge in [0.25, 0.3) is 5.91 Å². The third-order valence-corrected chi connectivity index (χ3v) is 5.37. The summed E-state index contributed by atoms with van der Waals surface area (Å²) in [5, 5.41) is 11.0. The van der Waals surface area contributed by atoms with Gasteiger partial charge in [0.15, 0.2) is 0 Å². The van der Waals surface area contributed by atoms with Crippen molar-refractivity contribution in [2.75, 3.05) is 11.9 Å². The normalized spacial score (nSPS) is 19.1. The van der Waals surface area contributed by atoms with E-state index in [1.54, 1.807) is 4.90 Å². The lowest BCUT2D eigenvalue weighted by Crippen LogP contribution is -2.52. The SMILES string of the molecule is CC1C(Nc2ncc(C(F)(F)F)cn2)CCCN1C(=O)c1ccc(F)cc1-n1nccn1. The summed E-state index contributed by atoms with van der Waals surface area (Å²) in [5.74, 6) is -0.809. The average Bonchev–Trinajstić information content (AvgIpc) is 3.29. The van der Waals surface area contributed by atoms with E-state index in [0.29, 0.717) is 31.8 Å². The van der Waals surface area contributed by atoms with Gasteiger partial charge in [0.05, 0.1) is 23.5 Å². The van der Waals surface area contributed by atoms with Gasteiger partial charge in [0.2, 0.25) is 5.95 Å². The van der Waals surface area contributed by atoms with Crippen LogP contribution in [0.4, 0.5) is 23.5 Å². The monoisotopic (exact) mass is 449 g/mol. The highest BCUT2D eigenvalue weighted by molar-refractivity contribution is 5.98. The maximum atomic E-state index is 13.8. The number of anilines is 1. The highest BCUT2D eigenvalue weighted by Gasteiger charge is 2.34. The third kappa shape index (κ3) is 4.39. The minimum absolute atomic E-state index is 0.0485. The molecule has 0 radical (unpaired) electrons. The summed E-state index contributed by atoms with van der Waals surface area (Å²) in [6.07, 6.45) is 1.09. The van der Waals surface area contributed by atoms with Crippen LogP contribution in [-0.4, -0.2) is 54.4 Å². The number of amides is 1. The quantitative estimate of drug-likeness (QED) is 0.615. The lowest BCUT2D eigenvalue weighted by Gasteiger charge is -2.40. The molecule has 1 aliphatic heterocycles. The van der Waals surface area contributed by atoms with Gasteiger partial charge in [-0.3, -0.25) is 4.79 Å². The number of likely N-dealkylation sites (tertiary alicyclic amines) is 1. The van der Waals surface area contributed by atoms with E-state index in [-0.39, 0.29) is 35.2 Å². The number of piperidine rings is 1. The summed E-state index contributed by atoms with van der Waals surface area (Å²) in [5.41, 5.74) is -0.484. The second-order valence-electron chi connectivity index (χ2n) is 7.41. The summed E-state index contributed by atoms with van der Waals surface area (Å²) in [4.78, 5) is 23.7. The standard InChI is InChI=1S/C20H19F4N7O/c1-12-16(29-19-25-10-13(11-26-19)20(22,23)24)3-2-8-30(12)18(32)15-5-4-14(21)9-17(15)31-27-6-7-28-31/h4-7,9-12,16H,2-3,8H2,1H3,(H,25,26,29). The highest BCUT2D eigenvalue weighted by Crippen LogP contribution is 2.29. The van der Waals surface area contributed by atoms with Gasteiger partial charge in [0, 0.05) is 37.1 Å². The first-order valence-electron chi connectivity index (χ1n) is 9.87. The Labute approximate surface area is 180 Å². The molecule has 0 saturated carbocycles. The van der Waals surface area contributed by atoms with E-state index in [4.69, 9.17) is 0 Å². The number of hydrogen-bond acceptors (Lipinski definition) is 6. The number of hydrogen-bond donors (Lipinski definition) is 1. The number of carbonyl (C=O) groups is 1. The molecule has 3 aromatic rings. The van der Waals surface area contributed by atoms with E-state index in [2.05, 4.69) is 25.5 Å². The second-order valence-corrected chi connectivity index (χ2v) is 7.41. The van der Waals surface area contributed by atoms with Crippen LogP contribution in [-0.2, 0) is 6.18 Å². The van der Waals surface area contributed by atoms with Crippen molar-refractivity contribution in [3.63, 3.8) is 0 Å². The largest absolute Gasteiger partial charge is 0.419 e. The van der Waals surface area contributed by atoms with Crippen LogP contribution in [0, 0.1) is 5.82 Å². The number of rotatable bonds is 4. The number of carbonyl (C=O) groups excluding carboxylic acids is 1. The third-order valence-electron chi connectivity index (χ3n) is 5.37. The maximum absolute atomic E-state index is 13.8. The van der Waals surface area contributed by atoms with E-state index >= 15 is 0 Å². The fraction of sp³-hybridized carbons (Fsp3) is 0.350. The zero-order valence-electron chi connectivity index (χ0n) is 16.9. The van der Waals surface area contributed by atoms with Crippen LogP contribution >= 0.6 is 0 Å². The number of halogens is 4. The second kappa shape index (κ2) is 8.52. The molecular formula is C20H19F4N7O. The Morgan fingerprint density at radius 1 is 1.16 bits per heavy atom. The maximum Gasteiger partial charge on any atom is 0.419 e. The summed E-state index contributed by atoms with van der Waals surface area (Å²) < 4.78 is 52.0. The van der Waals surface area contributed by atoms with Gasteiger partial charge in [0.1, 0.15) is 11.5 Å². The number of alkyl halides is 3. The van der Waals surface area contributed by atoms with Crippen molar-refractivity contribution in [3.8, 4) is 5.69 Å². The van der Waals surface area contributed by atoms with Crippen LogP contribution < -0.4 is 5.32 Å². The number of nitrogens with one attached hydrogen (secondary N) is 1. The molecule has 3 heterocycles. The van der Waals surface area contributed by atoms with Gasteiger partial charge in [-0.1, -0.05) is 0 Å². The van der Waals surface area contributed by atoms with E-state index in [0.717, 1.165) is 0 Å². The predicted molar refractivity (Wildman–Crippen MR) is 105 cm³/mol. The Bertz CT molecular complexity index is 1090. The van der Waals surface area contributed by atoms with Crippen molar-refractivity contribution in [2.24, 2.45) is 0 Å². The fourth-order valence-electron chi connectivity index (χ4n) is 3.68. The van der Waals surface area contributed by atoms with Crippen LogP contribution in [0.1, 0.15) is 35.7 Å². The minimum atomic E-state index is -4.52. The van der Waals surface area contributed by atoms with E-state index < -0.39 is 17.6 Å². The molecule has 2 aromatic heterocycles. The molecule has 1 amide bonds. The first-order chi connectivity index (χ1) is 15.2.